The Morgan fingerprint density at radius 2 is 1.50 bits per heavy atom. The zero-order chi connectivity index (χ0) is 19.1. The summed E-state index contributed by atoms with van der Waals surface area (Å²) in [6, 6.07) is 13.8. The molecule has 2 amide bonds. The Hall–Kier alpha value is -2.95. The van der Waals surface area contributed by atoms with Crippen LogP contribution in [0.5, 0.6) is 0 Å². The molecule has 0 saturated carbocycles. The second-order valence-corrected chi connectivity index (χ2v) is 6.46. The number of nitrogens with zero attached hydrogens (tertiary/aromatic N) is 1. The zero-order valence-corrected chi connectivity index (χ0v) is 15.7. The topological polar surface area (TPSA) is 70.6 Å². The summed E-state index contributed by atoms with van der Waals surface area (Å²) in [6.45, 7) is 7.75. The summed E-state index contributed by atoms with van der Waals surface area (Å²) >= 11 is 0. The fourth-order valence-corrected chi connectivity index (χ4v) is 2.37. The standard InChI is InChI=1S/C21H25N3O2/c1-14-6-9-18(10-7-14)17(4)23-24-21(26)12-11-20(25)22-19-13-15(2)5-8-16(19)3/h5-10,13H,11-12H2,1-4H3,(H,22,25)(H,24,26)/b23-17+. The fraction of sp³-hybridized carbons (Fsp3) is 0.286. The van der Waals surface area contributed by atoms with Crippen LogP contribution in [0, 0.1) is 20.8 Å². The highest BCUT2D eigenvalue weighted by Gasteiger charge is 2.08. The van der Waals surface area contributed by atoms with E-state index in [-0.39, 0.29) is 24.7 Å². The Morgan fingerprint density at radius 3 is 2.19 bits per heavy atom. The molecule has 5 heteroatoms. The molecule has 0 fully saturated rings. The molecule has 0 unspecified atom stereocenters. The highest BCUT2D eigenvalue weighted by molar-refractivity contribution is 5.99. The van der Waals surface area contributed by atoms with Gasteiger partial charge in [-0.25, -0.2) is 5.43 Å². The van der Waals surface area contributed by atoms with Gasteiger partial charge in [0.15, 0.2) is 0 Å². The first kappa shape index (κ1) is 19.4. The lowest BCUT2D eigenvalue weighted by molar-refractivity contribution is -0.124. The highest BCUT2D eigenvalue weighted by Crippen LogP contribution is 2.16. The SMILES string of the molecule is C/C(=N\NC(=O)CCC(=O)Nc1cc(C)ccc1C)c1ccc(C)cc1. The van der Waals surface area contributed by atoms with Gasteiger partial charge in [-0.05, 0) is 50.5 Å². The molecule has 0 aromatic heterocycles. The first-order valence-corrected chi connectivity index (χ1v) is 8.62. The van der Waals surface area contributed by atoms with E-state index in [4.69, 9.17) is 0 Å². The summed E-state index contributed by atoms with van der Waals surface area (Å²) in [5, 5.41) is 6.94. The number of hydrazone groups is 1. The first-order valence-electron chi connectivity index (χ1n) is 8.62. The molecule has 0 aliphatic heterocycles. The van der Waals surface area contributed by atoms with Crippen molar-refractivity contribution in [2.75, 3.05) is 5.32 Å². The summed E-state index contributed by atoms with van der Waals surface area (Å²) in [5.74, 6) is -0.472. The van der Waals surface area contributed by atoms with E-state index < -0.39 is 0 Å². The van der Waals surface area contributed by atoms with Crippen LogP contribution in [0.4, 0.5) is 5.69 Å². The van der Waals surface area contributed by atoms with Gasteiger partial charge in [-0.2, -0.15) is 5.10 Å². The molecule has 0 atom stereocenters. The van der Waals surface area contributed by atoms with E-state index in [1.165, 1.54) is 5.56 Å². The number of carbonyl (C=O) groups excluding carboxylic acids is 2. The Morgan fingerprint density at radius 1 is 0.885 bits per heavy atom. The quantitative estimate of drug-likeness (QED) is 0.612. The van der Waals surface area contributed by atoms with Gasteiger partial charge in [-0.3, -0.25) is 9.59 Å². The van der Waals surface area contributed by atoms with Gasteiger partial charge in [-0.15, -0.1) is 0 Å². The maximum Gasteiger partial charge on any atom is 0.240 e. The molecule has 136 valence electrons. The molecule has 0 aliphatic carbocycles. The summed E-state index contributed by atoms with van der Waals surface area (Å²) in [4.78, 5) is 24.0. The second kappa shape index (κ2) is 8.94. The van der Waals surface area contributed by atoms with Crippen molar-refractivity contribution in [2.45, 2.75) is 40.5 Å². The van der Waals surface area contributed by atoms with Gasteiger partial charge in [0, 0.05) is 18.5 Å². The molecule has 0 aliphatic rings. The number of amides is 2. The number of anilines is 1. The molecule has 0 spiro atoms. The summed E-state index contributed by atoms with van der Waals surface area (Å²) in [7, 11) is 0. The van der Waals surface area contributed by atoms with Gasteiger partial charge in [0.2, 0.25) is 11.8 Å². The van der Waals surface area contributed by atoms with Crippen LogP contribution in [0.2, 0.25) is 0 Å². The number of hydrogen-bond donors (Lipinski definition) is 2. The van der Waals surface area contributed by atoms with Crippen LogP contribution in [0.1, 0.15) is 42.0 Å². The van der Waals surface area contributed by atoms with Crippen molar-refractivity contribution < 1.29 is 9.59 Å². The largest absolute Gasteiger partial charge is 0.326 e. The van der Waals surface area contributed by atoms with Crippen molar-refractivity contribution in [3.05, 3.63) is 64.7 Å². The Kier molecular flexibility index (Phi) is 6.67. The molecular formula is C21H25N3O2. The number of benzene rings is 2. The minimum absolute atomic E-state index is 0.0847. The van der Waals surface area contributed by atoms with Crippen molar-refractivity contribution in [1.82, 2.24) is 5.43 Å². The smallest absolute Gasteiger partial charge is 0.240 e. The van der Waals surface area contributed by atoms with Crippen molar-refractivity contribution >= 4 is 23.2 Å². The predicted octanol–water partition coefficient (Wildman–Crippen LogP) is 3.87. The van der Waals surface area contributed by atoms with Crippen LogP contribution in [0.25, 0.3) is 0 Å². The van der Waals surface area contributed by atoms with Crippen LogP contribution in [-0.2, 0) is 9.59 Å². The third-order valence-electron chi connectivity index (χ3n) is 4.06. The van der Waals surface area contributed by atoms with Gasteiger partial charge in [0.25, 0.3) is 0 Å². The van der Waals surface area contributed by atoms with Crippen molar-refractivity contribution in [3.63, 3.8) is 0 Å². The third-order valence-corrected chi connectivity index (χ3v) is 4.06. The second-order valence-electron chi connectivity index (χ2n) is 6.46. The van der Waals surface area contributed by atoms with E-state index in [1.807, 2.05) is 70.2 Å². The van der Waals surface area contributed by atoms with Gasteiger partial charge >= 0.3 is 0 Å². The minimum atomic E-state index is -0.285. The number of nitrogens with one attached hydrogen (secondary N) is 2. The fourth-order valence-electron chi connectivity index (χ4n) is 2.37. The molecule has 2 aromatic carbocycles. The predicted molar refractivity (Wildman–Crippen MR) is 105 cm³/mol. The lowest BCUT2D eigenvalue weighted by Gasteiger charge is -2.09. The number of aryl methyl sites for hydroxylation is 3. The van der Waals surface area contributed by atoms with Gasteiger partial charge < -0.3 is 5.32 Å². The van der Waals surface area contributed by atoms with Crippen LogP contribution < -0.4 is 10.7 Å². The Labute approximate surface area is 154 Å². The average Bonchev–Trinajstić information content (AvgIpc) is 2.61. The lowest BCUT2D eigenvalue weighted by Crippen LogP contribution is -2.22. The molecule has 2 aromatic rings. The van der Waals surface area contributed by atoms with Gasteiger partial charge in [-0.1, -0.05) is 42.0 Å². The maximum absolute atomic E-state index is 12.0. The monoisotopic (exact) mass is 351 g/mol. The molecule has 0 bridgehead atoms. The van der Waals surface area contributed by atoms with Gasteiger partial charge in [0.1, 0.15) is 0 Å². The molecular weight excluding hydrogens is 326 g/mol. The molecule has 0 heterocycles. The summed E-state index contributed by atoms with van der Waals surface area (Å²) in [5.41, 5.74) is 8.19. The van der Waals surface area contributed by atoms with Crippen molar-refractivity contribution in [1.29, 1.82) is 0 Å². The summed E-state index contributed by atoms with van der Waals surface area (Å²) < 4.78 is 0. The van der Waals surface area contributed by atoms with Crippen LogP contribution in [0.15, 0.2) is 47.6 Å². The Balaban J connectivity index is 1.82. The molecule has 26 heavy (non-hydrogen) atoms. The van der Waals surface area contributed by atoms with Crippen molar-refractivity contribution in [2.24, 2.45) is 5.10 Å². The Bertz CT molecular complexity index is 824. The first-order chi connectivity index (χ1) is 12.3. The molecule has 2 rings (SSSR count). The lowest BCUT2D eigenvalue weighted by atomic mass is 10.1. The van der Waals surface area contributed by atoms with Crippen LogP contribution >= 0.6 is 0 Å². The van der Waals surface area contributed by atoms with E-state index >= 15 is 0 Å². The van der Waals surface area contributed by atoms with Gasteiger partial charge in [0.05, 0.1) is 5.71 Å². The molecule has 0 radical (unpaired) electrons. The molecule has 5 nitrogen and oxygen atoms in total. The van der Waals surface area contributed by atoms with E-state index in [1.54, 1.807) is 0 Å². The van der Waals surface area contributed by atoms with E-state index in [9.17, 15) is 9.59 Å². The zero-order valence-electron chi connectivity index (χ0n) is 15.7. The van der Waals surface area contributed by atoms with Crippen LogP contribution in [0.3, 0.4) is 0 Å². The molecule has 2 N–H and O–H groups in total. The van der Waals surface area contributed by atoms with E-state index in [2.05, 4.69) is 15.8 Å². The minimum Gasteiger partial charge on any atom is -0.326 e. The van der Waals surface area contributed by atoms with E-state index in [0.717, 1.165) is 28.1 Å². The third kappa shape index (κ3) is 5.84. The normalized spacial score (nSPS) is 11.2. The number of rotatable bonds is 6. The highest BCUT2D eigenvalue weighted by atomic mass is 16.2. The van der Waals surface area contributed by atoms with Crippen LogP contribution in [-0.4, -0.2) is 17.5 Å². The number of carbonyl (C=O) groups is 2. The average molecular weight is 351 g/mol. The number of hydrogen-bond acceptors (Lipinski definition) is 3. The van der Waals surface area contributed by atoms with E-state index in [0.29, 0.717) is 0 Å². The maximum atomic E-state index is 12.0. The van der Waals surface area contributed by atoms with Crippen molar-refractivity contribution in [3.8, 4) is 0 Å². The summed E-state index contributed by atoms with van der Waals surface area (Å²) in [6.07, 6.45) is 0.194. The molecule has 0 saturated heterocycles.